The van der Waals surface area contributed by atoms with Crippen molar-refractivity contribution in [1.29, 1.82) is 0 Å². The minimum atomic E-state index is -0.136. The van der Waals surface area contributed by atoms with Crippen molar-refractivity contribution in [2.75, 3.05) is 19.0 Å². The highest BCUT2D eigenvalue weighted by molar-refractivity contribution is 7.99. The van der Waals surface area contributed by atoms with Crippen LogP contribution in [-0.4, -0.2) is 25.0 Å². The minimum absolute atomic E-state index is 0.136. The number of thioether (sulfide) groups is 1. The van der Waals surface area contributed by atoms with Gasteiger partial charge in [0.15, 0.2) is 0 Å². The summed E-state index contributed by atoms with van der Waals surface area (Å²) >= 11 is 1.83. The molecule has 0 aromatic heterocycles. The van der Waals surface area contributed by atoms with Gasteiger partial charge in [-0.05, 0) is 48.8 Å². The predicted octanol–water partition coefficient (Wildman–Crippen LogP) is 3.13. The maximum absolute atomic E-state index is 13.4. The van der Waals surface area contributed by atoms with E-state index in [0.29, 0.717) is 6.04 Å². The quantitative estimate of drug-likeness (QED) is 0.889. The molecule has 0 saturated carbocycles. The lowest BCUT2D eigenvalue weighted by atomic mass is 10.0. The molecule has 1 fully saturated rings. The van der Waals surface area contributed by atoms with Crippen molar-refractivity contribution in [2.24, 2.45) is 0 Å². The topological polar surface area (TPSA) is 21.3 Å². The predicted molar refractivity (Wildman–Crippen MR) is 71.5 cm³/mol. The molecule has 2 aliphatic heterocycles. The van der Waals surface area contributed by atoms with Crippen LogP contribution >= 0.6 is 11.8 Å². The Labute approximate surface area is 111 Å². The van der Waals surface area contributed by atoms with Crippen molar-refractivity contribution >= 4 is 11.8 Å². The van der Waals surface area contributed by atoms with Crippen molar-refractivity contribution in [1.82, 2.24) is 5.32 Å². The van der Waals surface area contributed by atoms with E-state index >= 15 is 0 Å². The summed E-state index contributed by atoms with van der Waals surface area (Å²) in [5.41, 5.74) is 1.12. The van der Waals surface area contributed by atoms with Crippen molar-refractivity contribution in [2.45, 2.75) is 36.2 Å². The number of hydrogen-bond donors (Lipinski definition) is 1. The van der Waals surface area contributed by atoms with Gasteiger partial charge in [-0.25, -0.2) is 4.39 Å². The van der Waals surface area contributed by atoms with E-state index in [1.807, 2.05) is 17.8 Å². The number of nitrogens with one attached hydrogen (secondary N) is 1. The molecule has 1 saturated heterocycles. The monoisotopic (exact) mass is 267 g/mol. The zero-order valence-electron chi connectivity index (χ0n) is 10.3. The molecule has 1 aromatic carbocycles. The lowest BCUT2D eigenvalue weighted by molar-refractivity contribution is 0.0659. The lowest BCUT2D eigenvalue weighted by Gasteiger charge is -2.32. The second-order valence-electron chi connectivity index (χ2n) is 4.95. The highest BCUT2D eigenvalue weighted by Gasteiger charge is 2.24. The zero-order chi connectivity index (χ0) is 12.4. The van der Waals surface area contributed by atoms with Crippen molar-refractivity contribution in [3.8, 4) is 0 Å². The summed E-state index contributed by atoms with van der Waals surface area (Å²) in [6.07, 6.45) is 3.35. The fraction of sp³-hybridized carbons (Fsp3) is 0.571. The molecule has 0 radical (unpaired) electrons. The second-order valence-corrected chi connectivity index (χ2v) is 6.09. The number of rotatable bonds is 2. The molecule has 0 aliphatic carbocycles. The first-order chi connectivity index (χ1) is 8.83. The summed E-state index contributed by atoms with van der Waals surface area (Å²) in [6.45, 7) is 1.66. The molecule has 2 aliphatic rings. The van der Waals surface area contributed by atoms with Crippen LogP contribution in [0.3, 0.4) is 0 Å². The fourth-order valence-corrected chi connectivity index (χ4v) is 3.80. The first kappa shape index (κ1) is 12.5. The Morgan fingerprint density at radius 2 is 2.28 bits per heavy atom. The third kappa shape index (κ3) is 2.71. The highest BCUT2D eigenvalue weighted by atomic mass is 32.2. The molecule has 1 N–H and O–H groups in total. The first-order valence-electron chi connectivity index (χ1n) is 6.59. The normalized spacial score (nSPS) is 27.8. The van der Waals surface area contributed by atoms with Gasteiger partial charge in [0.25, 0.3) is 0 Å². The first-order valence-corrected chi connectivity index (χ1v) is 7.57. The van der Waals surface area contributed by atoms with Gasteiger partial charge in [0.2, 0.25) is 0 Å². The molecule has 2 heterocycles. The van der Waals surface area contributed by atoms with Crippen LogP contribution in [0.4, 0.5) is 4.39 Å². The molecule has 3 rings (SSSR count). The van der Waals surface area contributed by atoms with Crippen molar-refractivity contribution in [3.63, 3.8) is 0 Å². The van der Waals surface area contributed by atoms with E-state index in [0.717, 1.165) is 43.8 Å². The van der Waals surface area contributed by atoms with Crippen LogP contribution in [0.15, 0.2) is 23.1 Å². The van der Waals surface area contributed by atoms with Crippen LogP contribution in [0, 0.1) is 5.82 Å². The van der Waals surface area contributed by atoms with E-state index < -0.39 is 0 Å². The average Bonchev–Trinajstić information content (AvgIpc) is 2.41. The lowest BCUT2D eigenvalue weighted by Crippen LogP contribution is -2.40. The van der Waals surface area contributed by atoms with E-state index in [1.54, 1.807) is 12.1 Å². The summed E-state index contributed by atoms with van der Waals surface area (Å²) in [7, 11) is 0. The van der Waals surface area contributed by atoms with Crippen molar-refractivity contribution < 1.29 is 9.13 Å². The molecule has 2 atom stereocenters. The molecule has 0 bridgehead atoms. The van der Waals surface area contributed by atoms with Gasteiger partial charge in [-0.1, -0.05) is 0 Å². The van der Waals surface area contributed by atoms with Gasteiger partial charge in [0.05, 0.1) is 6.61 Å². The van der Waals surface area contributed by atoms with Crippen LogP contribution in [-0.2, 0) is 4.74 Å². The largest absolute Gasteiger partial charge is 0.380 e. The smallest absolute Gasteiger partial charge is 0.123 e. The molecule has 2 unspecified atom stereocenters. The summed E-state index contributed by atoms with van der Waals surface area (Å²) in [4.78, 5) is 1.22. The third-order valence-electron chi connectivity index (χ3n) is 3.61. The third-order valence-corrected chi connectivity index (χ3v) is 4.73. The molecule has 0 spiro atoms. The Bertz CT molecular complexity index is 420. The van der Waals surface area contributed by atoms with Crippen LogP contribution in [0.5, 0.6) is 0 Å². The molecule has 4 heteroatoms. The van der Waals surface area contributed by atoms with Crippen LogP contribution in [0.25, 0.3) is 0 Å². The fourth-order valence-electron chi connectivity index (χ4n) is 2.70. The van der Waals surface area contributed by atoms with E-state index in [2.05, 4.69) is 5.32 Å². The standard InChI is InChI=1S/C14H18FNOS/c15-10-3-4-14-12(8-10)13(5-7-18-14)16-11-2-1-6-17-9-11/h3-4,8,11,13,16H,1-2,5-7,9H2. The Kier molecular flexibility index (Phi) is 3.87. The molecule has 2 nitrogen and oxygen atoms in total. The van der Waals surface area contributed by atoms with Gasteiger partial charge in [0.1, 0.15) is 5.82 Å². The molecular weight excluding hydrogens is 249 g/mol. The molecule has 0 amide bonds. The summed E-state index contributed by atoms with van der Waals surface area (Å²) in [5.74, 6) is 0.965. The SMILES string of the molecule is Fc1ccc2c(c1)C(NC1CCCOC1)CCS2. The van der Waals surface area contributed by atoms with E-state index in [9.17, 15) is 4.39 Å². The summed E-state index contributed by atoms with van der Waals surface area (Å²) in [6, 6.07) is 5.84. The van der Waals surface area contributed by atoms with Crippen LogP contribution < -0.4 is 5.32 Å². The maximum atomic E-state index is 13.4. The molecular formula is C14H18FNOS. The minimum Gasteiger partial charge on any atom is -0.380 e. The van der Waals surface area contributed by atoms with Gasteiger partial charge < -0.3 is 10.1 Å². The van der Waals surface area contributed by atoms with E-state index in [4.69, 9.17) is 4.74 Å². The Balaban J connectivity index is 1.75. The zero-order valence-corrected chi connectivity index (χ0v) is 11.1. The Morgan fingerprint density at radius 3 is 3.11 bits per heavy atom. The summed E-state index contributed by atoms with van der Waals surface area (Å²) < 4.78 is 18.9. The second kappa shape index (κ2) is 5.59. The summed E-state index contributed by atoms with van der Waals surface area (Å²) in [5, 5.41) is 3.64. The molecule has 18 heavy (non-hydrogen) atoms. The van der Waals surface area contributed by atoms with E-state index in [1.165, 1.54) is 4.90 Å². The number of ether oxygens (including phenoxy) is 1. The van der Waals surface area contributed by atoms with Crippen LogP contribution in [0.2, 0.25) is 0 Å². The average molecular weight is 267 g/mol. The van der Waals surface area contributed by atoms with Crippen LogP contribution in [0.1, 0.15) is 30.9 Å². The highest BCUT2D eigenvalue weighted by Crippen LogP contribution is 2.36. The van der Waals surface area contributed by atoms with Gasteiger partial charge in [-0.2, -0.15) is 0 Å². The van der Waals surface area contributed by atoms with Gasteiger partial charge >= 0.3 is 0 Å². The van der Waals surface area contributed by atoms with E-state index in [-0.39, 0.29) is 11.9 Å². The van der Waals surface area contributed by atoms with Gasteiger partial charge in [-0.15, -0.1) is 11.8 Å². The Hall–Kier alpha value is -0.580. The Morgan fingerprint density at radius 1 is 1.33 bits per heavy atom. The van der Waals surface area contributed by atoms with Gasteiger partial charge in [-0.3, -0.25) is 0 Å². The van der Waals surface area contributed by atoms with Crippen molar-refractivity contribution in [3.05, 3.63) is 29.6 Å². The maximum Gasteiger partial charge on any atom is 0.123 e. The number of fused-ring (bicyclic) bond motifs is 1. The number of benzene rings is 1. The van der Waals surface area contributed by atoms with Gasteiger partial charge in [0, 0.05) is 23.6 Å². The number of halogens is 1. The molecule has 1 aromatic rings. The number of hydrogen-bond acceptors (Lipinski definition) is 3. The molecule has 98 valence electrons.